The Morgan fingerprint density at radius 1 is 1.36 bits per heavy atom. The molecule has 22 heavy (non-hydrogen) atoms. The Bertz CT molecular complexity index is 591. The summed E-state index contributed by atoms with van der Waals surface area (Å²) in [6.45, 7) is 0.0836. The third-order valence-electron chi connectivity index (χ3n) is 3.25. The number of carbonyl (C=O) groups excluding carboxylic acids is 1. The van der Waals surface area contributed by atoms with Gasteiger partial charge in [0.1, 0.15) is 18.5 Å². The molecule has 8 heteroatoms. The van der Waals surface area contributed by atoms with Crippen LogP contribution in [0.15, 0.2) is 30.3 Å². The number of amides is 2. The highest BCUT2D eigenvalue weighted by molar-refractivity contribution is 7.91. The van der Waals surface area contributed by atoms with Crippen molar-refractivity contribution in [1.82, 2.24) is 10.6 Å². The van der Waals surface area contributed by atoms with Crippen LogP contribution in [0.25, 0.3) is 0 Å². The first-order valence-electron chi connectivity index (χ1n) is 7.05. The molecule has 1 aliphatic heterocycles. The van der Waals surface area contributed by atoms with Crippen LogP contribution in [0.2, 0.25) is 0 Å². The van der Waals surface area contributed by atoms with E-state index in [-0.39, 0.29) is 30.7 Å². The average Bonchev–Trinajstić information content (AvgIpc) is 2.83. The van der Waals surface area contributed by atoms with Crippen molar-refractivity contribution in [1.29, 1.82) is 0 Å². The van der Waals surface area contributed by atoms with Gasteiger partial charge in [0.2, 0.25) is 0 Å². The number of para-hydroxylation sites is 1. The lowest BCUT2D eigenvalue weighted by Crippen LogP contribution is -2.45. The van der Waals surface area contributed by atoms with E-state index >= 15 is 0 Å². The summed E-state index contributed by atoms with van der Waals surface area (Å²) in [7, 11) is -3.02. The molecular weight excluding hydrogens is 308 g/mol. The number of rotatable bonds is 6. The molecule has 122 valence electrons. The lowest BCUT2D eigenvalue weighted by Gasteiger charge is -2.15. The second-order valence-corrected chi connectivity index (χ2v) is 7.46. The van der Waals surface area contributed by atoms with E-state index in [2.05, 4.69) is 10.6 Å². The van der Waals surface area contributed by atoms with Crippen molar-refractivity contribution < 1.29 is 23.1 Å². The number of carbonyl (C=O) groups is 1. The van der Waals surface area contributed by atoms with Gasteiger partial charge in [0.25, 0.3) is 0 Å². The van der Waals surface area contributed by atoms with E-state index in [9.17, 15) is 18.3 Å². The van der Waals surface area contributed by atoms with Gasteiger partial charge >= 0.3 is 6.03 Å². The third-order valence-corrected chi connectivity index (χ3v) is 5.02. The Morgan fingerprint density at radius 3 is 2.73 bits per heavy atom. The lowest BCUT2D eigenvalue weighted by atomic mass is 10.3. The zero-order chi connectivity index (χ0) is 16.0. The van der Waals surface area contributed by atoms with Gasteiger partial charge in [-0.15, -0.1) is 0 Å². The molecule has 0 bridgehead atoms. The Balaban J connectivity index is 1.63. The Morgan fingerprint density at radius 2 is 2.09 bits per heavy atom. The van der Waals surface area contributed by atoms with Gasteiger partial charge in [-0.05, 0) is 18.6 Å². The van der Waals surface area contributed by atoms with Gasteiger partial charge in [-0.3, -0.25) is 0 Å². The minimum atomic E-state index is -3.02. The molecule has 3 N–H and O–H groups in total. The van der Waals surface area contributed by atoms with Crippen molar-refractivity contribution in [2.24, 2.45) is 0 Å². The van der Waals surface area contributed by atoms with Crippen LogP contribution in [-0.2, 0) is 9.84 Å². The van der Waals surface area contributed by atoms with Gasteiger partial charge in [-0.25, -0.2) is 13.2 Å². The van der Waals surface area contributed by atoms with E-state index in [4.69, 9.17) is 4.74 Å². The summed E-state index contributed by atoms with van der Waals surface area (Å²) in [6.07, 6.45) is -0.423. The fourth-order valence-electron chi connectivity index (χ4n) is 2.12. The van der Waals surface area contributed by atoms with E-state index in [1.54, 1.807) is 12.1 Å². The predicted octanol–water partition coefficient (Wildman–Crippen LogP) is -0.0874. The topological polar surface area (TPSA) is 105 Å². The van der Waals surface area contributed by atoms with Crippen LogP contribution in [0, 0.1) is 0 Å². The summed E-state index contributed by atoms with van der Waals surface area (Å²) in [5, 5.41) is 14.8. The maximum atomic E-state index is 11.6. The normalized spacial score (nSPS) is 21.0. The van der Waals surface area contributed by atoms with Crippen molar-refractivity contribution >= 4 is 15.9 Å². The molecule has 0 saturated carbocycles. The quantitative estimate of drug-likeness (QED) is 0.677. The molecule has 1 saturated heterocycles. The highest BCUT2D eigenvalue weighted by Gasteiger charge is 2.28. The van der Waals surface area contributed by atoms with Crippen molar-refractivity contribution in [3.63, 3.8) is 0 Å². The molecule has 1 aliphatic rings. The van der Waals surface area contributed by atoms with Gasteiger partial charge in [0.05, 0.1) is 11.5 Å². The van der Waals surface area contributed by atoms with Crippen LogP contribution in [0.4, 0.5) is 4.79 Å². The Kier molecular flexibility index (Phi) is 5.62. The molecule has 1 fully saturated rings. The first kappa shape index (κ1) is 16.6. The molecule has 0 aromatic heterocycles. The van der Waals surface area contributed by atoms with Crippen LogP contribution in [0.5, 0.6) is 5.75 Å². The zero-order valence-corrected chi connectivity index (χ0v) is 12.9. The molecule has 1 aromatic rings. The fourth-order valence-corrected chi connectivity index (χ4v) is 3.80. The van der Waals surface area contributed by atoms with E-state index in [0.717, 1.165) is 0 Å². The molecule has 0 radical (unpaired) electrons. The van der Waals surface area contributed by atoms with Gasteiger partial charge < -0.3 is 20.5 Å². The van der Waals surface area contributed by atoms with Crippen LogP contribution < -0.4 is 15.4 Å². The van der Waals surface area contributed by atoms with Crippen LogP contribution in [0.3, 0.4) is 0 Å². The van der Waals surface area contributed by atoms with Gasteiger partial charge in [0, 0.05) is 12.6 Å². The van der Waals surface area contributed by atoms with E-state index in [0.29, 0.717) is 12.2 Å². The molecule has 2 amide bonds. The second kappa shape index (κ2) is 7.46. The van der Waals surface area contributed by atoms with Crippen molar-refractivity contribution in [2.75, 3.05) is 24.7 Å². The minimum Gasteiger partial charge on any atom is -0.491 e. The van der Waals surface area contributed by atoms with Gasteiger partial charge in [-0.2, -0.15) is 0 Å². The van der Waals surface area contributed by atoms with E-state index in [1.165, 1.54) is 0 Å². The summed E-state index contributed by atoms with van der Waals surface area (Å²) in [5.74, 6) is 0.716. The predicted molar refractivity (Wildman–Crippen MR) is 81.5 cm³/mol. The summed E-state index contributed by atoms with van der Waals surface area (Å²) in [6, 6.07) is 8.20. The number of hydrogen-bond acceptors (Lipinski definition) is 5. The maximum Gasteiger partial charge on any atom is 0.315 e. The Hall–Kier alpha value is -1.80. The standard InChI is InChI=1S/C14H20N2O5S/c17-12(9-21-13-4-2-1-3-5-13)8-15-14(18)16-11-6-7-22(19,20)10-11/h1-5,11-12,17H,6-10H2,(H2,15,16,18)/t11-,12-/m1/s1. The monoisotopic (exact) mass is 328 g/mol. The van der Waals surface area contributed by atoms with Crippen molar-refractivity contribution in [2.45, 2.75) is 18.6 Å². The molecule has 0 aliphatic carbocycles. The van der Waals surface area contributed by atoms with Crippen molar-refractivity contribution in [3.05, 3.63) is 30.3 Å². The molecule has 1 heterocycles. The highest BCUT2D eigenvalue weighted by Crippen LogP contribution is 2.11. The number of nitrogens with one attached hydrogen (secondary N) is 2. The molecule has 0 spiro atoms. The first-order chi connectivity index (χ1) is 10.4. The number of hydrogen-bond donors (Lipinski definition) is 3. The summed E-state index contributed by atoms with van der Waals surface area (Å²) in [4.78, 5) is 11.6. The van der Waals surface area contributed by atoms with E-state index in [1.807, 2.05) is 18.2 Å². The molecule has 7 nitrogen and oxygen atoms in total. The number of aliphatic hydroxyl groups is 1. The van der Waals surface area contributed by atoms with E-state index < -0.39 is 22.0 Å². The number of sulfone groups is 1. The number of ether oxygens (including phenoxy) is 1. The molecule has 2 rings (SSSR count). The van der Waals surface area contributed by atoms with Gasteiger partial charge in [-0.1, -0.05) is 18.2 Å². The smallest absolute Gasteiger partial charge is 0.315 e. The lowest BCUT2D eigenvalue weighted by molar-refractivity contribution is 0.107. The zero-order valence-electron chi connectivity index (χ0n) is 12.1. The van der Waals surface area contributed by atoms with Gasteiger partial charge in [0.15, 0.2) is 9.84 Å². The summed E-state index contributed by atoms with van der Waals surface area (Å²) in [5.41, 5.74) is 0. The third kappa shape index (κ3) is 5.53. The number of aliphatic hydroxyl groups excluding tert-OH is 1. The first-order valence-corrected chi connectivity index (χ1v) is 8.87. The largest absolute Gasteiger partial charge is 0.491 e. The molecule has 0 unspecified atom stereocenters. The average molecular weight is 328 g/mol. The SMILES string of the molecule is O=C(NC[C@@H](O)COc1ccccc1)N[C@@H]1CCS(=O)(=O)C1. The highest BCUT2D eigenvalue weighted by atomic mass is 32.2. The molecule has 2 atom stereocenters. The van der Waals surface area contributed by atoms with Crippen LogP contribution in [-0.4, -0.2) is 56.4 Å². The Labute approximate surface area is 129 Å². The fraction of sp³-hybridized carbons (Fsp3) is 0.500. The maximum absolute atomic E-state index is 11.6. The minimum absolute atomic E-state index is 0.0259. The van der Waals surface area contributed by atoms with Crippen LogP contribution in [0.1, 0.15) is 6.42 Å². The second-order valence-electron chi connectivity index (χ2n) is 5.23. The van der Waals surface area contributed by atoms with Crippen molar-refractivity contribution in [3.8, 4) is 5.75 Å². The summed E-state index contributed by atoms with van der Waals surface area (Å²) < 4.78 is 27.9. The molecular formula is C14H20N2O5S. The number of benzene rings is 1. The van der Waals surface area contributed by atoms with Crippen LogP contribution >= 0.6 is 0 Å². The molecule has 1 aromatic carbocycles. The summed E-state index contributed by atoms with van der Waals surface area (Å²) >= 11 is 0. The number of urea groups is 1.